The second-order valence-electron chi connectivity index (χ2n) is 9.36. The minimum absolute atomic E-state index is 0.0226. The van der Waals surface area contributed by atoms with Gasteiger partial charge in [0.1, 0.15) is 12.0 Å². The molecule has 1 amide bonds. The maximum Gasteiger partial charge on any atom is 0.315 e. The number of allylic oxidation sites excluding steroid dienone is 1. The van der Waals surface area contributed by atoms with Crippen LogP contribution in [0.25, 0.3) is 0 Å². The van der Waals surface area contributed by atoms with Gasteiger partial charge < -0.3 is 14.5 Å². The number of ether oxygens (including phenoxy) is 1. The average molecular weight is 362 g/mol. The van der Waals surface area contributed by atoms with Crippen LogP contribution in [0, 0.1) is 23.2 Å². The Labute approximate surface area is 156 Å². The number of carbonyl (C=O) groups is 2. The van der Waals surface area contributed by atoms with Crippen molar-refractivity contribution in [2.75, 3.05) is 32.7 Å². The van der Waals surface area contributed by atoms with E-state index in [0.29, 0.717) is 11.8 Å². The first-order chi connectivity index (χ1) is 12.4. The predicted octanol–water partition coefficient (Wildman–Crippen LogP) is 1.05. The molecule has 2 saturated heterocycles. The highest BCUT2D eigenvalue weighted by atomic mass is 16.6. The molecule has 2 heterocycles. The van der Waals surface area contributed by atoms with Crippen LogP contribution in [0.15, 0.2) is 12.2 Å². The number of nitrogens with zero attached hydrogens (tertiary/aromatic N) is 1. The molecule has 0 bridgehead atoms. The van der Waals surface area contributed by atoms with E-state index < -0.39 is 0 Å². The van der Waals surface area contributed by atoms with Crippen molar-refractivity contribution in [1.29, 1.82) is 0 Å². The maximum atomic E-state index is 12.7. The summed E-state index contributed by atoms with van der Waals surface area (Å²) < 4.78 is 5.88. The largest absolute Gasteiger partial charge is 0.462 e. The Hall–Kier alpha value is -1.36. The van der Waals surface area contributed by atoms with Gasteiger partial charge in [-0.1, -0.05) is 19.1 Å². The van der Waals surface area contributed by atoms with Gasteiger partial charge in [-0.25, -0.2) is 0 Å². The fraction of sp³-hybridized carbons (Fsp3) is 0.810. The van der Waals surface area contributed by atoms with E-state index in [1.54, 1.807) is 6.92 Å². The molecular weight excluding hydrogens is 328 g/mol. The van der Waals surface area contributed by atoms with E-state index in [1.165, 1.54) is 23.3 Å². The van der Waals surface area contributed by atoms with Crippen molar-refractivity contribution >= 4 is 11.9 Å². The van der Waals surface area contributed by atoms with E-state index in [4.69, 9.17) is 4.74 Å². The van der Waals surface area contributed by atoms with Crippen molar-refractivity contribution in [2.24, 2.45) is 23.2 Å². The van der Waals surface area contributed by atoms with Crippen molar-refractivity contribution in [3.05, 3.63) is 12.2 Å². The van der Waals surface area contributed by atoms with Crippen molar-refractivity contribution in [2.45, 2.75) is 52.1 Å². The third-order valence-corrected chi connectivity index (χ3v) is 7.74. The molecule has 144 valence electrons. The summed E-state index contributed by atoms with van der Waals surface area (Å²) in [6, 6.07) is 0. The molecule has 5 heteroatoms. The van der Waals surface area contributed by atoms with Gasteiger partial charge in [0.05, 0.1) is 32.7 Å². The number of esters is 1. The topological polar surface area (TPSA) is 51.1 Å². The average Bonchev–Trinajstić information content (AvgIpc) is 2.88. The number of hydrogen-bond donors (Lipinski definition) is 1. The smallest absolute Gasteiger partial charge is 0.315 e. The monoisotopic (exact) mass is 361 g/mol. The Kier molecular flexibility index (Phi) is 4.62. The van der Waals surface area contributed by atoms with Gasteiger partial charge >= 0.3 is 5.97 Å². The summed E-state index contributed by atoms with van der Waals surface area (Å²) in [5, 5.41) is 0. The summed E-state index contributed by atoms with van der Waals surface area (Å²) in [5.74, 6) is 1.12. The maximum absolute atomic E-state index is 12.7. The lowest BCUT2D eigenvalue weighted by atomic mass is 9.55. The zero-order chi connectivity index (χ0) is 18.5. The van der Waals surface area contributed by atoms with Crippen LogP contribution in [0.5, 0.6) is 0 Å². The number of fused-ring (bicyclic) bond motifs is 2. The minimum atomic E-state index is 0.0226. The Morgan fingerprint density at radius 1 is 1.38 bits per heavy atom. The van der Waals surface area contributed by atoms with Gasteiger partial charge in [-0.2, -0.15) is 0 Å². The van der Waals surface area contributed by atoms with Crippen LogP contribution < -0.4 is 4.90 Å². The van der Waals surface area contributed by atoms with Crippen LogP contribution in [0.3, 0.4) is 0 Å². The van der Waals surface area contributed by atoms with Crippen molar-refractivity contribution in [1.82, 2.24) is 4.90 Å². The van der Waals surface area contributed by atoms with Gasteiger partial charge in [0, 0.05) is 12.8 Å². The quantitative estimate of drug-likeness (QED) is 0.591. The first kappa shape index (κ1) is 18.0. The number of quaternary nitrogens is 1. The molecule has 4 rings (SSSR count). The molecule has 0 spiro atoms. The number of nitrogens with one attached hydrogen (secondary N) is 1. The molecule has 0 aromatic heterocycles. The molecular formula is C21H33N2O3+. The van der Waals surface area contributed by atoms with Gasteiger partial charge in [-0.15, -0.1) is 0 Å². The predicted molar refractivity (Wildman–Crippen MR) is 98.5 cm³/mol. The molecule has 2 saturated carbocycles. The molecule has 0 aromatic carbocycles. The lowest BCUT2D eigenvalue weighted by Crippen LogP contribution is -3.15. The minimum Gasteiger partial charge on any atom is -0.462 e. The number of carbonyl (C=O) groups excluding carboxylic acids is 2. The van der Waals surface area contributed by atoms with E-state index in [1.807, 2.05) is 4.90 Å². The summed E-state index contributed by atoms with van der Waals surface area (Å²) in [6.45, 7) is 12.7. The van der Waals surface area contributed by atoms with Crippen LogP contribution in [-0.4, -0.2) is 55.6 Å². The van der Waals surface area contributed by atoms with Gasteiger partial charge in [0.15, 0.2) is 0 Å². The van der Waals surface area contributed by atoms with Crippen LogP contribution in [0.2, 0.25) is 0 Å². The molecule has 4 fully saturated rings. The van der Waals surface area contributed by atoms with Gasteiger partial charge in [0.2, 0.25) is 5.91 Å². The Morgan fingerprint density at radius 2 is 2.12 bits per heavy atom. The third-order valence-electron chi connectivity index (χ3n) is 7.74. The fourth-order valence-corrected chi connectivity index (χ4v) is 6.14. The standard InChI is InChI=1S/C21H32N2O3/c1-14-5-4-6-21(3)12-19-16(11-18(14)21)17(20(25)26-19)13-22-7-9-23(10-8-22)15(2)24/h16-19H,1,4-13H2,2-3H3/p+1/t16-,17-,18-,19-,21-/m1/s1. The number of hydrogen-bond acceptors (Lipinski definition) is 3. The number of amides is 1. The highest BCUT2D eigenvalue weighted by Gasteiger charge is 2.56. The number of rotatable bonds is 2. The summed E-state index contributed by atoms with van der Waals surface area (Å²) in [5.41, 5.74) is 1.67. The van der Waals surface area contributed by atoms with E-state index in [0.717, 1.165) is 52.0 Å². The summed E-state index contributed by atoms with van der Waals surface area (Å²) in [4.78, 5) is 27.5. The normalized spacial score (nSPS) is 40.8. The Balaban J connectivity index is 1.43. The fourth-order valence-electron chi connectivity index (χ4n) is 6.14. The zero-order valence-corrected chi connectivity index (χ0v) is 16.3. The Bertz CT molecular complexity index is 610. The van der Waals surface area contributed by atoms with Crippen molar-refractivity contribution in [3.8, 4) is 0 Å². The summed E-state index contributed by atoms with van der Waals surface area (Å²) >= 11 is 0. The third kappa shape index (κ3) is 3.08. The molecule has 0 aromatic rings. The first-order valence-corrected chi connectivity index (χ1v) is 10.3. The molecule has 0 unspecified atom stereocenters. The zero-order valence-electron chi connectivity index (χ0n) is 16.3. The van der Waals surface area contributed by atoms with E-state index in [9.17, 15) is 9.59 Å². The molecule has 4 aliphatic rings. The van der Waals surface area contributed by atoms with Crippen LogP contribution in [0.1, 0.15) is 46.0 Å². The van der Waals surface area contributed by atoms with Gasteiger partial charge in [-0.3, -0.25) is 9.59 Å². The second-order valence-corrected chi connectivity index (χ2v) is 9.36. The molecule has 5 nitrogen and oxygen atoms in total. The highest BCUT2D eigenvalue weighted by molar-refractivity contribution is 5.75. The molecule has 0 radical (unpaired) electrons. The highest BCUT2D eigenvalue weighted by Crippen LogP contribution is 2.56. The molecule has 26 heavy (non-hydrogen) atoms. The van der Waals surface area contributed by atoms with Crippen LogP contribution >= 0.6 is 0 Å². The van der Waals surface area contributed by atoms with Gasteiger partial charge in [0.25, 0.3) is 0 Å². The SMILES string of the molecule is C=C1CCC[C@]2(C)C[C@H]3OC(=O)[C@H](C[NH+]4CCN(C(C)=O)CC4)[C@H]3C[C@H]12. The molecule has 2 aliphatic heterocycles. The lowest BCUT2D eigenvalue weighted by molar-refractivity contribution is -0.906. The first-order valence-electron chi connectivity index (χ1n) is 10.3. The molecule has 5 atom stereocenters. The Morgan fingerprint density at radius 3 is 2.81 bits per heavy atom. The molecule has 2 aliphatic carbocycles. The van der Waals surface area contributed by atoms with Crippen LogP contribution in [0.4, 0.5) is 0 Å². The van der Waals surface area contributed by atoms with E-state index >= 15 is 0 Å². The van der Waals surface area contributed by atoms with Gasteiger partial charge in [-0.05, 0) is 43.4 Å². The van der Waals surface area contributed by atoms with E-state index in [2.05, 4.69) is 13.5 Å². The number of piperazine rings is 1. The van der Waals surface area contributed by atoms with Crippen molar-refractivity contribution in [3.63, 3.8) is 0 Å². The molecule has 1 N–H and O–H groups in total. The summed E-state index contributed by atoms with van der Waals surface area (Å²) in [7, 11) is 0. The second kappa shape index (κ2) is 6.66. The van der Waals surface area contributed by atoms with Crippen LogP contribution in [-0.2, 0) is 14.3 Å². The van der Waals surface area contributed by atoms with Crippen molar-refractivity contribution < 1.29 is 19.2 Å². The summed E-state index contributed by atoms with van der Waals surface area (Å²) in [6.07, 6.45) is 5.80. The lowest BCUT2D eigenvalue weighted by Gasteiger charge is -2.50. The van der Waals surface area contributed by atoms with E-state index in [-0.39, 0.29) is 29.3 Å².